The lowest BCUT2D eigenvalue weighted by atomic mass is 9.92. The Kier molecular flexibility index (Phi) is 4.83. The Morgan fingerprint density at radius 1 is 0.885 bits per heavy atom. The van der Waals surface area contributed by atoms with Crippen LogP contribution in [0.15, 0.2) is 54.6 Å². The topological polar surface area (TPSA) is 40.6 Å². The number of thioether (sulfide) groups is 1. The number of nitrogens with zero attached hydrogens (tertiary/aromatic N) is 2. The van der Waals surface area contributed by atoms with Crippen molar-refractivity contribution in [2.75, 3.05) is 29.5 Å². The van der Waals surface area contributed by atoms with E-state index in [9.17, 15) is 9.59 Å². The second-order valence-corrected chi connectivity index (χ2v) is 8.05. The monoisotopic (exact) mass is 366 g/mol. The molecule has 2 heterocycles. The summed E-state index contributed by atoms with van der Waals surface area (Å²) in [5, 5.41) is 0. The van der Waals surface area contributed by atoms with Gasteiger partial charge in [-0.15, -0.1) is 0 Å². The molecule has 2 fully saturated rings. The molecular weight excluding hydrogens is 344 g/mol. The molecule has 2 aromatic rings. The second-order valence-electron chi connectivity index (χ2n) is 6.83. The fraction of sp³-hybridized carbons (Fsp3) is 0.333. The van der Waals surface area contributed by atoms with Gasteiger partial charge in [-0.3, -0.25) is 14.5 Å². The van der Waals surface area contributed by atoms with Crippen LogP contribution in [0.4, 0.5) is 5.69 Å². The van der Waals surface area contributed by atoms with Gasteiger partial charge in [-0.25, -0.2) is 4.90 Å². The number of benzene rings is 2. The van der Waals surface area contributed by atoms with Gasteiger partial charge in [0.05, 0.1) is 11.6 Å². The molecule has 2 unspecified atom stereocenters. The number of hydrogen-bond acceptors (Lipinski definition) is 4. The predicted molar refractivity (Wildman–Crippen MR) is 106 cm³/mol. The minimum atomic E-state index is -0.437. The summed E-state index contributed by atoms with van der Waals surface area (Å²) in [6.07, 6.45) is 0. The van der Waals surface area contributed by atoms with E-state index in [1.807, 2.05) is 73.3 Å². The molecule has 134 valence electrons. The van der Waals surface area contributed by atoms with E-state index in [0.717, 1.165) is 35.7 Å². The van der Waals surface area contributed by atoms with Crippen LogP contribution in [0.1, 0.15) is 17.0 Å². The van der Waals surface area contributed by atoms with Gasteiger partial charge in [0.1, 0.15) is 6.04 Å². The molecule has 0 aliphatic carbocycles. The van der Waals surface area contributed by atoms with E-state index in [4.69, 9.17) is 0 Å². The molecule has 4 rings (SSSR count). The number of hydrogen-bond donors (Lipinski definition) is 0. The highest BCUT2D eigenvalue weighted by Gasteiger charge is 2.51. The van der Waals surface area contributed by atoms with Crippen LogP contribution in [0.5, 0.6) is 0 Å². The van der Waals surface area contributed by atoms with Gasteiger partial charge in [-0.1, -0.05) is 48.0 Å². The Bertz CT molecular complexity index is 801. The molecule has 0 radical (unpaired) electrons. The molecule has 2 aliphatic rings. The van der Waals surface area contributed by atoms with E-state index in [2.05, 4.69) is 4.90 Å². The first kappa shape index (κ1) is 17.3. The van der Waals surface area contributed by atoms with E-state index in [0.29, 0.717) is 5.69 Å². The molecule has 2 atom stereocenters. The van der Waals surface area contributed by atoms with Crippen LogP contribution in [-0.2, 0) is 9.59 Å². The minimum Gasteiger partial charge on any atom is -0.289 e. The summed E-state index contributed by atoms with van der Waals surface area (Å²) >= 11 is 1.90. The van der Waals surface area contributed by atoms with Crippen LogP contribution < -0.4 is 4.90 Å². The lowest BCUT2D eigenvalue weighted by Crippen LogP contribution is -2.47. The molecular formula is C21H22N2O2S. The third-order valence-electron chi connectivity index (χ3n) is 5.17. The van der Waals surface area contributed by atoms with Crippen molar-refractivity contribution in [1.82, 2.24) is 4.90 Å². The Hall–Kier alpha value is -2.11. The van der Waals surface area contributed by atoms with Crippen molar-refractivity contribution in [3.63, 3.8) is 0 Å². The SMILES string of the molecule is Cc1ccc(N2C(=O)C(c3ccccc3)C(N3CCSCC3)C2=O)cc1. The molecule has 0 bridgehead atoms. The smallest absolute Gasteiger partial charge is 0.252 e. The average molecular weight is 366 g/mol. The fourth-order valence-corrected chi connectivity index (χ4v) is 4.75. The molecule has 0 aromatic heterocycles. The summed E-state index contributed by atoms with van der Waals surface area (Å²) in [5.74, 6) is 1.36. The van der Waals surface area contributed by atoms with E-state index in [-0.39, 0.29) is 11.8 Å². The van der Waals surface area contributed by atoms with Crippen LogP contribution >= 0.6 is 11.8 Å². The molecule has 4 nitrogen and oxygen atoms in total. The summed E-state index contributed by atoms with van der Waals surface area (Å²) in [5.41, 5.74) is 2.70. The van der Waals surface area contributed by atoms with Gasteiger partial charge in [0, 0.05) is 24.6 Å². The standard InChI is InChI=1S/C21H22N2O2S/c1-15-7-9-17(10-8-15)23-20(24)18(16-5-3-2-4-6-16)19(21(23)25)22-11-13-26-14-12-22/h2-10,18-19H,11-14H2,1H3. The quantitative estimate of drug-likeness (QED) is 0.783. The first-order valence-electron chi connectivity index (χ1n) is 8.98. The summed E-state index contributed by atoms with van der Waals surface area (Å²) in [6.45, 7) is 3.69. The maximum atomic E-state index is 13.3. The lowest BCUT2D eigenvalue weighted by Gasteiger charge is -2.33. The van der Waals surface area contributed by atoms with Crippen molar-refractivity contribution in [3.05, 3.63) is 65.7 Å². The van der Waals surface area contributed by atoms with Gasteiger partial charge in [-0.2, -0.15) is 11.8 Å². The highest BCUT2D eigenvalue weighted by Crippen LogP contribution is 2.37. The summed E-state index contributed by atoms with van der Waals surface area (Å²) in [4.78, 5) is 30.3. The van der Waals surface area contributed by atoms with Crippen LogP contribution in [0, 0.1) is 6.92 Å². The summed E-state index contributed by atoms with van der Waals surface area (Å²) in [7, 11) is 0. The van der Waals surface area contributed by atoms with E-state index in [1.54, 1.807) is 0 Å². The van der Waals surface area contributed by atoms with Gasteiger partial charge in [-0.05, 0) is 24.6 Å². The van der Waals surface area contributed by atoms with E-state index < -0.39 is 12.0 Å². The molecule has 2 aliphatic heterocycles. The van der Waals surface area contributed by atoms with Crippen LogP contribution in [-0.4, -0.2) is 47.4 Å². The van der Waals surface area contributed by atoms with Gasteiger partial charge in [0.25, 0.3) is 5.91 Å². The Morgan fingerprint density at radius 2 is 1.54 bits per heavy atom. The number of carbonyl (C=O) groups is 2. The molecule has 0 N–H and O–H groups in total. The Morgan fingerprint density at radius 3 is 2.19 bits per heavy atom. The third-order valence-corrected chi connectivity index (χ3v) is 6.11. The van der Waals surface area contributed by atoms with Crippen molar-refractivity contribution in [2.45, 2.75) is 18.9 Å². The number of aryl methyl sites for hydroxylation is 1. The maximum absolute atomic E-state index is 13.3. The van der Waals surface area contributed by atoms with Crippen molar-refractivity contribution in [1.29, 1.82) is 0 Å². The van der Waals surface area contributed by atoms with Gasteiger partial charge in [0.2, 0.25) is 5.91 Å². The molecule has 0 saturated carbocycles. The van der Waals surface area contributed by atoms with Crippen molar-refractivity contribution in [3.8, 4) is 0 Å². The largest absolute Gasteiger partial charge is 0.289 e. The highest BCUT2D eigenvalue weighted by atomic mass is 32.2. The Labute approximate surface area is 158 Å². The van der Waals surface area contributed by atoms with Crippen molar-refractivity contribution < 1.29 is 9.59 Å². The van der Waals surface area contributed by atoms with Crippen LogP contribution in [0.2, 0.25) is 0 Å². The second kappa shape index (κ2) is 7.25. The molecule has 5 heteroatoms. The van der Waals surface area contributed by atoms with Crippen LogP contribution in [0.3, 0.4) is 0 Å². The third kappa shape index (κ3) is 3.06. The predicted octanol–water partition coefficient (Wildman–Crippen LogP) is 3.07. The van der Waals surface area contributed by atoms with Crippen molar-refractivity contribution in [2.24, 2.45) is 0 Å². The van der Waals surface area contributed by atoms with E-state index >= 15 is 0 Å². The summed E-state index contributed by atoms with van der Waals surface area (Å²) in [6, 6.07) is 16.9. The molecule has 2 amide bonds. The zero-order valence-corrected chi connectivity index (χ0v) is 15.6. The normalized spacial score (nSPS) is 24.3. The number of imide groups is 1. The number of carbonyl (C=O) groups excluding carboxylic acids is 2. The number of rotatable bonds is 3. The summed E-state index contributed by atoms with van der Waals surface area (Å²) < 4.78 is 0. The van der Waals surface area contributed by atoms with E-state index in [1.165, 1.54) is 4.90 Å². The van der Waals surface area contributed by atoms with Crippen LogP contribution in [0.25, 0.3) is 0 Å². The zero-order valence-electron chi connectivity index (χ0n) is 14.8. The van der Waals surface area contributed by atoms with Crippen molar-refractivity contribution >= 4 is 29.3 Å². The van der Waals surface area contributed by atoms with Gasteiger partial charge >= 0.3 is 0 Å². The molecule has 0 spiro atoms. The first-order chi connectivity index (χ1) is 12.7. The maximum Gasteiger partial charge on any atom is 0.252 e. The Balaban J connectivity index is 1.75. The number of anilines is 1. The first-order valence-corrected chi connectivity index (χ1v) is 10.1. The minimum absolute atomic E-state index is 0.0976. The molecule has 2 aromatic carbocycles. The fourth-order valence-electron chi connectivity index (χ4n) is 3.81. The molecule has 2 saturated heterocycles. The lowest BCUT2D eigenvalue weighted by molar-refractivity contribution is -0.122. The van der Waals surface area contributed by atoms with Gasteiger partial charge in [0.15, 0.2) is 0 Å². The highest BCUT2D eigenvalue weighted by molar-refractivity contribution is 7.99. The number of amides is 2. The van der Waals surface area contributed by atoms with Gasteiger partial charge < -0.3 is 0 Å². The molecule has 26 heavy (non-hydrogen) atoms. The zero-order chi connectivity index (χ0) is 18.1. The average Bonchev–Trinajstić information content (AvgIpc) is 2.94.